The molecule has 2 bridgehead atoms. The average Bonchev–Trinajstić information content (AvgIpc) is 3.25. The van der Waals surface area contributed by atoms with Crippen LogP contribution < -0.4 is 5.56 Å². The second kappa shape index (κ2) is 6.84. The van der Waals surface area contributed by atoms with Crippen LogP contribution in [-0.4, -0.2) is 38.4 Å². The first kappa shape index (κ1) is 18.1. The Labute approximate surface area is 170 Å². The first-order valence-corrected chi connectivity index (χ1v) is 9.87. The average molecular weight is 413 g/mol. The van der Waals surface area contributed by atoms with Crippen LogP contribution in [0.2, 0.25) is 5.02 Å². The van der Waals surface area contributed by atoms with E-state index in [1.807, 2.05) is 10.6 Å². The molecule has 1 saturated heterocycles. The summed E-state index contributed by atoms with van der Waals surface area (Å²) in [6, 6.07) is 7.88. The Balaban J connectivity index is 1.45. The highest BCUT2D eigenvalue weighted by Crippen LogP contribution is 2.36. The van der Waals surface area contributed by atoms with Crippen LogP contribution in [0.1, 0.15) is 28.4 Å². The number of hydrogen-bond acceptors (Lipinski definition) is 3. The van der Waals surface area contributed by atoms with Crippen molar-refractivity contribution in [3.8, 4) is 11.4 Å². The number of carbonyl (C=O) groups is 1. The molecule has 5 rings (SSSR count). The van der Waals surface area contributed by atoms with Crippen LogP contribution in [0.3, 0.4) is 0 Å². The number of fused-ring (bicyclic) bond motifs is 4. The van der Waals surface area contributed by atoms with Gasteiger partial charge < -0.3 is 14.5 Å². The van der Waals surface area contributed by atoms with Gasteiger partial charge in [0.05, 0.1) is 10.6 Å². The normalized spacial score (nSPS) is 20.4. The van der Waals surface area contributed by atoms with Gasteiger partial charge in [-0.25, -0.2) is 9.37 Å². The van der Waals surface area contributed by atoms with Gasteiger partial charge in [0.2, 0.25) is 0 Å². The molecule has 2 aromatic heterocycles. The topological polar surface area (TPSA) is 71.0 Å². The number of benzene rings is 1. The van der Waals surface area contributed by atoms with Gasteiger partial charge >= 0.3 is 0 Å². The van der Waals surface area contributed by atoms with Crippen molar-refractivity contribution in [1.29, 1.82) is 0 Å². The van der Waals surface area contributed by atoms with E-state index in [0.717, 1.165) is 12.1 Å². The molecule has 1 amide bonds. The standard InChI is InChI=1S/C21H18ClFN4O2/c22-16-3-1-13(8-17(16)23)20(28)26-9-12-7-14(11-26)18-4-2-15(19-24-5-6-25-19)21(29)27(18)10-12/h1-6,8,12,14H,7,9-11H2,(H,24,25)/t12-,14+/m0/s1. The zero-order valence-electron chi connectivity index (χ0n) is 15.4. The number of aromatic amines is 1. The maximum absolute atomic E-state index is 13.8. The Bertz CT molecular complexity index is 1160. The SMILES string of the molecule is O=C(c1ccc(Cl)c(F)c1)N1C[C@@H]2C[C@H](C1)c1ccc(-c3ncc[nH]3)c(=O)n1C2. The number of rotatable bonds is 2. The predicted octanol–water partition coefficient (Wildman–Crippen LogP) is 3.29. The minimum Gasteiger partial charge on any atom is -0.344 e. The molecule has 1 N–H and O–H groups in total. The highest BCUT2D eigenvalue weighted by Gasteiger charge is 2.37. The van der Waals surface area contributed by atoms with E-state index in [0.29, 0.717) is 31.0 Å². The first-order chi connectivity index (χ1) is 14.0. The highest BCUT2D eigenvalue weighted by molar-refractivity contribution is 6.30. The van der Waals surface area contributed by atoms with E-state index in [2.05, 4.69) is 9.97 Å². The van der Waals surface area contributed by atoms with Gasteiger partial charge in [0.1, 0.15) is 11.6 Å². The van der Waals surface area contributed by atoms with E-state index in [9.17, 15) is 14.0 Å². The summed E-state index contributed by atoms with van der Waals surface area (Å²) in [7, 11) is 0. The summed E-state index contributed by atoms with van der Waals surface area (Å²) in [4.78, 5) is 34.9. The van der Waals surface area contributed by atoms with Crippen LogP contribution in [0.15, 0.2) is 47.5 Å². The van der Waals surface area contributed by atoms with Crippen molar-refractivity contribution in [3.63, 3.8) is 0 Å². The number of H-pyrrole nitrogens is 1. The Morgan fingerprint density at radius 1 is 1.21 bits per heavy atom. The third kappa shape index (κ3) is 3.06. The molecule has 2 aliphatic heterocycles. The molecule has 6 nitrogen and oxygen atoms in total. The van der Waals surface area contributed by atoms with Gasteiger partial charge in [-0.15, -0.1) is 0 Å². The summed E-state index contributed by atoms with van der Waals surface area (Å²) in [5, 5.41) is -0.00210. The lowest BCUT2D eigenvalue weighted by Gasteiger charge is -2.43. The highest BCUT2D eigenvalue weighted by atomic mass is 35.5. The third-order valence-corrected chi connectivity index (χ3v) is 6.12. The number of piperidine rings is 1. The summed E-state index contributed by atoms with van der Waals surface area (Å²) >= 11 is 5.73. The maximum atomic E-state index is 13.8. The lowest BCUT2D eigenvalue weighted by Crippen LogP contribution is -2.49. The minimum absolute atomic E-state index is 0.00210. The summed E-state index contributed by atoms with van der Waals surface area (Å²) in [5.41, 5.74) is 1.70. The van der Waals surface area contributed by atoms with Crippen LogP contribution in [0.4, 0.5) is 4.39 Å². The number of pyridine rings is 1. The van der Waals surface area contributed by atoms with E-state index in [1.54, 1.807) is 29.4 Å². The van der Waals surface area contributed by atoms with Crippen molar-refractivity contribution in [1.82, 2.24) is 19.4 Å². The Kier molecular flexibility index (Phi) is 4.28. The molecule has 8 heteroatoms. The van der Waals surface area contributed by atoms with E-state index in [4.69, 9.17) is 11.6 Å². The summed E-state index contributed by atoms with van der Waals surface area (Å²) < 4.78 is 15.6. The molecule has 0 unspecified atom stereocenters. The molecule has 2 aliphatic rings. The zero-order chi connectivity index (χ0) is 20.1. The van der Waals surface area contributed by atoms with Crippen LogP contribution in [0, 0.1) is 11.7 Å². The number of nitrogens with one attached hydrogen (secondary N) is 1. The van der Waals surface area contributed by atoms with E-state index >= 15 is 0 Å². The van der Waals surface area contributed by atoms with Crippen molar-refractivity contribution in [2.45, 2.75) is 18.9 Å². The fourth-order valence-corrected chi connectivity index (χ4v) is 4.63. The Hall–Kier alpha value is -2.93. The maximum Gasteiger partial charge on any atom is 0.261 e. The number of hydrogen-bond donors (Lipinski definition) is 1. The molecule has 2 atom stereocenters. The van der Waals surface area contributed by atoms with Crippen molar-refractivity contribution < 1.29 is 9.18 Å². The van der Waals surface area contributed by atoms with E-state index < -0.39 is 5.82 Å². The molecule has 0 aliphatic carbocycles. The van der Waals surface area contributed by atoms with Crippen LogP contribution >= 0.6 is 11.6 Å². The minimum atomic E-state index is -0.600. The van der Waals surface area contributed by atoms with Gasteiger partial charge in [-0.05, 0) is 42.7 Å². The van der Waals surface area contributed by atoms with Gasteiger partial charge in [-0.2, -0.15) is 0 Å². The second-order valence-corrected chi connectivity index (χ2v) is 8.07. The molecule has 4 heterocycles. The van der Waals surface area contributed by atoms with Gasteiger partial charge in [0.15, 0.2) is 0 Å². The Morgan fingerprint density at radius 2 is 2.07 bits per heavy atom. The number of imidazole rings is 1. The van der Waals surface area contributed by atoms with Crippen LogP contribution in [0.25, 0.3) is 11.4 Å². The Morgan fingerprint density at radius 3 is 2.83 bits per heavy atom. The van der Waals surface area contributed by atoms with Crippen molar-refractivity contribution in [3.05, 3.63) is 75.2 Å². The van der Waals surface area contributed by atoms with Crippen molar-refractivity contribution in [2.75, 3.05) is 13.1 Å². The molecule has 0 radical (unpaired) electrons. The molecule has 3 aromatic rings. The van der Waals surface area contributed by atoms with Crippen molar-refractivity contribution >= 4 is 17.5 Å². The molecule has 148 valence electrons. The van der Waals surface area contributed by atoms with Crippen molar-refractivity contribution in [2.24, 2.45) is 5.92 Å². The van der Waals surface area contributed by atoms with E-state index in [1.165, 1.54) is 12.1 Å². The zero-order valence-corrected chi connectivity index (χ0v) is 16.2. The molecule has 29 heavy (non-hydrogen) atoms. The molecular weight excluding hydrogens is 395 g/mol. The molecule has 0 saturated carbocycles. The van der Waals surface area contributed by atoms with Gasteiger partial charge in [0.25, 0.3) is 11.5 Å². The van der Waals surface area contributed by atoms with Gasteiger partial charge in [0, 0.05) is 49.2 Å². The monoisotopic (exact) mass is 412 g/mol. The fourth-order valence-electron chi connectivity index (χ4n) is 4.52. The second-order valence-electron chi connectivity index (χ2n) is 7.66. The fraction of sp³-hybridized carbons (Fsp3) is 0.286. The molecule has 1 fully saturated rings. The largest absolute Gasteiger partial charge is 0.344 e. The molecule has 1 aromatic carbocycles. The van der Waals surface area contributed by atoms with Gasteiger partial charge in [-0.1, -0.05) is 11.6 Å². The smallest absolute Gasteiger partial charge is 0.261 e. The summed E-state index contributed by atoms with van der Waals surface area (Å²) in [6.45, 7) is 1.59. The number of aromatic nitrogens is 3. The van der Waals surface area contributed by atoms with Gasteiger partial charge in [-0.3, -0.25) is 9.59 Å². The number of carbonyl (C=O) groups excluding carboxylic acids is 1. The number of halogens is 2. The summed E-state index contributed by atoms with van der Waals surface area (Å²) in [5.74, 6) is -0.00760. The van der Waals surface area contributed by atoms with E-state index in [-0.39, 0.29) is 33.9 Å². The lowest BCUT2D eigenvalue weighted by molar-refractivity contribution is 0.0594. The predicted molar refractivity (Wildman–Crippen MR) is 106 cm³/mol. The first-order valence-electron chi connectivity index (χ1n) is 9.49. The van der Waals surface area contributed by atoms with Crippen LogP contribution in [-0.2, 0) is 6.54 Å². The third-order valence-electron chi connectivity index (χ3n) is 5.81. The quantitative estimate of drug-likeness (QED) is 0.702. The lowest BCUT2D eigenvalue weighted by atomic mass is 9.82. The number of likely N-dealkylation sites (tertiary alicyclic amines) is 1. The molecule has 0 spiro atoms. The summed E-state index contributed by atoms with van der Waals surface area (Å²) in [6.07, 6.45) is 4.24. The number of amides is 1. The molecular formula is C21H18ClFN4O2. The van der Waals surface area contributed by atoms with Crippen LogP contribution in [0.5, 0.6) is 0 Å². The number of nitrogens with zero attached hydrogens (tertiary/aromatic N) is 3.